The zero-order chi connectivity index (χ0) is 13.4. The van der Waals surface area contributed by atoms with Gasteiger partial charge in [0, 0.05) is 6.54 Å². The van der Waals surface area contributed by atoms with E-state index in [9.17, 15) is 4.79 Å². The SMILES string of the molecule is Cc1ccc(C)c(C2NCC(=O)N3CCCCC23)c1. The number of rotatable bonds is 1. The molecule has 2 atom stereocenters. The van der Waals surface area contributed by atoms with E-state index in [4.69, 9.17) is 0 Å². The van der Waals surface area contributed by atoms with Crippen LogP contribution in [0.4, 0.5) is 0 Å². The van der Waals surface area contributed by atoms with Crippen molar-refractivity contribution in [2.45, 2.75) is 45.2 Å². The van der Waals surface area contributed by atoms with Crippen LogP contribution in [0.15, 0.2) is 18.2 Å². The maximum atomic E-state index is 12.0. The fourth-order valence-electron chi connectivity index (χ4n) is 3.46. The lowest BCUT2D eigenvalue weighted by Crippen LogP contribution is -2.58. The number of nitrogens with zero attached hydrogens (tertiary/aromatic N) is 1. The monoisotopic (exact) mass is 258 g/mol. The summed E-state index contributed by atoms with van der Waals surface area (Å²) in [6.07, 6.45) is 3.51. The molecule has 1 amide bonds. The fraction of sp³-hybridized carbons (Fsp3) is 0.562. The van der Waals surface area contributed by atoms with Gasteiger partial charge < -0.3 is 4.90 Å². The van der Waals surface area contributed by atoms with Gasteiger partial charge in [-0.15, -0.1) is 0 Å². The highest BCUT2D eigenvalue weighted by molar-refractivity contribution is 5.80. The van der Waals surface area contributed by atoms with Gasteiger partial charge in [-0.05, 0) is 44.2 Å². The first-order chi connectivity index (χ1) is 9.16. The fourth-order valence-corrected chi connectivity index (χ4v) is 3.46. The number of carbonyl (C=O) groups excluding carboxylic acids is 1. The van der Waals surface area contributed by atoms with Crippen molar-refractivity contribution in [2.75, 3.05) is 13.1 Å². The topological polar surface area (TPSA) is 32.3 Å². The van der Waals surface area contributed by atoms with E-state index in [0.29, 0.717) is 18.6 Å². The number of nitrogens with one attached hydrogen (secondary N) is 1. The van der Waals surface area contributed by atoms with Crippen molar-refractivity contribution in [3.8, 4) is 0 Å². The van der Waals surface area contributed by atoms with E-state index >= 15 is 0 Å². The average Bonchev–Trinajstić information content (AvgIpc) is 2.43. The van der Waals surface area contributed by atoms with Crippen LogP contribution in [0.25, 0.3) is 0 Å². The van der Waals surface area contributed by atoms with Gasteiger partial charge in [0.05, 0.1) is 18.6 Å². The van der Waals surface area contributed by atoms with Crippen LogP contribution in [-0.4, -0.2) is 29.9 Å². The summed E-state index contributed by atoms with van der Waals surface area (Å²) < 4.78 is 0. The van der Waals surface area contributed by atoms with Crippen molar-refractivity contribution in [1.29, 1.82) is 0 Å². The maximum absolute atomic E-state index is 12.0. The van der Waals surface area contributed by atoms with Crippen LogP contribution < -0.4 is 5.32 Å². The molecule has 0 spiro atoms. The number of hydrogen-bond acceptors (Lipinski definition) is 2. The first-order valence-corrected chi connectivity index (χ1v) is 7.27. The predicted molar refractivity (Wildman–Crippen MR) is 76.0 cm³/mol. The van der Waals surface area contributed by atoms with Gasteiger partial charge in [0.25, 0.3) is 0 Å². The molecule has 0 saturated carbocycles. The van der Waals surface area contributed by atoms with Gasteiger partial charge in [-0.1, -0.05) is 23.8 Å². The van der Waals surface area contributed by atoms with Crippen LogP contribution in [-0.2, 0) is 4.79 Å². The molecular formula is C16H22N2O. The Morgan fingerprint density at radius 3 is 2.95 bits per heavy atom. The molecule has 2 saturated heterocycles. The molecule has 1 aromatic carbocycles. The highest BCUT2D eigenvalue weighted by Crippen LogP contribution is 2.33. The second-order valence-corrected chi connectivity index (χ2v) is 5.87. The van der Waals surface area contributed by atoms with E-state index in [1.807, 2.05) is 0 Å². The van der Waals surface area contributed by atoms with Crippen molar-refractivity contribution >= 4 is 5.91 Å². The van der Waals surface area contributed by atoms with Crippen LogP contribution in [0.1, 0.15) is 42.0 Å². The summed E-state index contributed by atoms with van der Waals surface area (Å²) in [5.74, 6) is 0.270. The predicted octanol–water partition coefficient (Wildman–Crippen LogP) is 2.33. The summed E-state index contributed by atoms with van der Waals surface area (Å²) in [5.41, 5.74) is 3.98. The molecule has 2 aliphatic heterocycles. The first-order valence-electron chi connectivity index (χ1n) is 7.27. The zero-order valence-electron chi connectivity index (χ0n) is 11.8. The molecule has 1 N–H and O–H groups in total. The third-order valence-corrected chi connectivity index (χ3v) is 4.50. The summed E-state index contributed by atoms with van der Waals surface area (Å²) >= 11 is 0. The third kappa shape index (κ3) is 2.27. The van der Waals surface area contributed by atoms with Crippen molar-refractivity contribution in [1.82, 2.24) is 10.2 Å². The molecule has 0 aromatic heterocycles. The van der Waals surface area contributed by atoms with Crippen LogP contribution in [0.2, 0.25) is 0 Å². The van der Waals surface area contributed by atoms with Gasteiger partial charge >= 0.3 is 0 Å². The molecule has 2 fully saturated rings. The van der Waals surface area contributed by atoms with Crippen molar-refractivity contribution in [3.63, 3.8) is 0 Å². The largest absolute Gasteiger partial charge is 0.337 e. The standard InChI is InChI=1S/C16H22N2O/c1-11-6-7-12(2)13(9-11)16-14-5-3-4-8-18(14)15(19)10-17-16/h6-7,9,14,16-17H,3-5,8,10H2,1-2H3. The molecule has 2 aliphatic rings. The number of carbonyl (C=O) groups is 1. The van der Waals surface area contributed by atoms with Gasteiger partial charge in [-0.3, -0.25) is 10.1 Å². The second-order valence-electron chi connectivity index (χ2n) is 5.87. The molecule has 0 aliphatic carbocycles. The number of hydrogen-bond donors (Lipinski definition) is 1. The summed E-state index contributed by atoms with van der Waals surface area (Å²) in [6.45, 7) is 5.72. The molecule has 3 heteroatoms. The molecule has 1 aromatic rings. The van der Waals surface area contributed by atoms with Crippen LogP contribution in [0.3, 0.4) is 0 Å². The summed E-state index contributed by atoms with van der Waals surface area (Å²) in [6, 6.07) is 7.27. The first kappa shape index (κ1) is 12.7. The quantitative estimate of drug-likeness (QED) is 0.838. The van der Waals surface area contributed by atoms with Crippen LogP contribution >= 0.6 is 0 Å². The van der Waals surface area contributed by atoms with E-state index in [-0.39, 0.29) is 5.91 Å². The number of piperazine rings is 1. The number of piperidine rings is 1. The van der Waals surface area contributed by atoms with E-state index in [1.54, 1.807) is 0 Å². The van der Waals surface area contributed by atoms with Gasteiger partial charge in [0.1, 0.15) is 0 Å². The summed E-state index contributed by atoms with van der Waals surface area (Å²) in [5, 5.41) is 3.46. The highest BCUT2D eigenvalue weighted by Gasteiger charge is 2.37. The Labute approximate surface area is 115 Å². The third-order valence-electron chi connectivity index (χ3n) is 4.50. The van der Waals surface area contributed by atoms with Gasteiger partial charge in [-0.25, -0.2) is 0 Å². The molecule has 0 bridgehead atoms. The molecule has 3 nitrogen and oxygen atoms in total. The molecule has 0 radical (unpaired) electrons. The molecule has 2 unspecified atom stereocenters. The van der Waals surface area contributed by atoms with E-state index in [0.717, 1.165) is 19.4 Å². The second kappa shape index (κ2) is 4.97. The Kier molecular flexibility index (Phi) is 3.31. The average molecular weight is 258 g/mol. The number of amides is 1. The Hall–Kier alpha value is -1.35. The van der Waals surface area contributed by atoms with Crippen LogP contribution in [0, 0.1) is 13.8 Å². The lowest BCUT2D eigenvalue weighted by atomic mass is 9.86. The minimum atomic E-state index is 0.270. The summed E-state index contributed by atoms with van der Waals surface area (Å²) in [4.78, 5) is 14.1. The van der Waals surface area contributed by atoms with Gasteiger partial charge in [-0.2, -0.15) is 0 Å². The Morgan fingerprint density at radius 1 is 1.26 bits per heavy atom. The van der Waals surface area contributed by atoms with Crippen molar-refractivity contribution in [2.24, 2.45) is 0 Å². The van der Waals surface area contributed by atoms with Gasteiger partial charge in [0.2, 0.25) is 5.91 Å². The molecule has 3 rings (SSSR count). The summed E-state index contributed by atoms with van der Waals surface area (Å²) in [7, 11) is 0. The minimum absolute atomic E-state index is 0.270. The number of benzene rings is 1. The normalized spacial score (nSPS) is 27.3. The lowest BCUT2D eigenvalue weighted by Gasteiger charge is -2.45. The zero-order valence-corrected chi connectivity index (χ0v) is 11.8. The number of aryl methyl sites for hydroxylation is 2. The minimum Gasteiger partial charge on any atom is -0.337 e. The Bertz CT molecular complexity index is 498. The molecule has 19 heavy (non-hydrogen) atoms. The molecule has 2 heterocycles. The lowest BCUT2D eigenvalue weighted by molar-refractivity contribution is -0.138. The molecular weight excluding hydrogens is 236 g/mol. The molecule has 102 valence electrons. The highest BCUT2D eigenvalue weighted by atomic mass is 16.2. The van der Waals surface area contributed by atoms with Crippen molar-refractivity contribution in [3.05, 3.63) is 34.9 Å². The smallest absolute Gasteiger partial charge is 0.236 e. The van der Waals surface area contributed by atoms with E-state index in [1.165, 1.54) is 23.1 Å². The Balaban J connectivity index is 1.95. The maximum Gasteiger partial charge on any atom is 0.236 e. The van der Waals surface area contributed by atoms with Crippen molar-refractivity contribution < 1.29 is 4.79 Å². The van der Waals surface area contributed by atoms with E-state index < -0.39 is 0 Å². The van der Waals surface area contributed by atoms with Gasteiger partial charge in [0.15, 0.2) is 0 Å². The van der Waals surface area contributed by atoms with Crippen LogP contribution in [0.5, 0.6) is 0 Å². The number of fused-ring (bicyclic) bond motifs is 1. The Morgan fingerprint density at radius 2 is 2.11 bits per heavy atom. The van der Waals surface area contributed by atoms with E-state index in [2.05, 4.69) is 42.3 Å².